The number of esters is 1. The maximum atomic E-state index is 12.3. The molecule has 0 unspecified atom stereocenters. The average molecular weight is 432 g/mol. The van der Waals surface area contributed by atoms with E-state index in [1.54, 1.807) is 6.07 Å². The van der Waals surface area contributed by atoms with Gasteiger partial charge in [0.25, 0.3) is 0 Å². The summed E-state index contributed by atoms with van der Waals surface area (Å²) in [5, 5.41) is 2.75. The Kier molecular flexibility index (Phi) is 6.70. The summed E-state index contributed by atoms with van der Waals surface area (Å²) in [6.07, 6.45) is 0.705. The van der Waals surface area contributed by atoms with Crippen LogP contribution < -0.4 is 15.1 Å². The molecule has 4 aromatic rings. The Morgan fingerprint density at radius 2 is 1.69 bits per heavy atom. The molecule has 0 spiro atoms. The average Bonchev–Trinajstić information content (AvgIpc) is 2.81. The highest BCUT2D eigenvalue weighted by molar-refractivity contribution is 6.07. The van der Waals surface area contributed by atoms with E-state index in [1.807, 2.05) is 61.5 Å². The van der Waals surface area contributed by atoms with Crippen LogP contribution in [0, 0.1) is 0 Å². The lowest BCUT2D eigenvalue weighted by Gasteiger charge is -2.12. The van der Waals surface area contributed by atoms with E-state index in [1.165, 1.54) is 6.07 Å². The van der Waals surface area contributed by atoms with E-state index in [0.717, 1.165) is 16.2 Å². The number of fused-ring (bicyclic) bond motifs is 3. The van der Waals surface area contributed by atoms with E-state index in [9.17, 15) is 9.59 Å². The van der Waals surface area contributed by atoms with E-state index in [-0.39, 0.29) is 19.0 Å². The fraction of sp³-hybridized carbons (Fsp3) is 0.231. The van der Waals surface area contributed by atoms with Crippen LogP contribution in [-0.2, 0) is 16.1 Å². The van der Waals surface area contributed by atoms with Crippen molar-refractivity contribution in [1.29, 1.82) is 0 Å². The third kappa shape index (κ3) is 4.91. The molecule has 0 N–H and O–H groups in total. The number of rotatable bonds is 9. The van der Waals surface area contributed by atoms with Gasteiger partial charge in [-0.3, -0.25) is 4.79 Å². The fourth-order valence-corrected chi connectivity index (χ4v) is 3.61. The van der Waals surface area contributed by atoms with Gasteiger partial charge in [-0.2, -0.15) is 0 Å². The Morgan fingerprint density at radius 1 is 0.938 bits per heavy atom. The SMILES string of the molecule is CCOc1ccccc1OCCCC(=O)OCc1cc(=O)oc2ccc3ccccc3c12. The molecule has 0 fully saturated rings. The zero-order valence-electron chi connectivity index (χ0n) is 17.8. The number of benzene rings is 3. The molecule has 32 heavy (non-hydrogen) atoms. The lowest BCUT2D eigenvalue weighted by atomic mass is 10.0. The smallest absolute Gasteiger partial charge is 0.336 e. The van der Waals surface area contributed by atoms with Gasteiger partial charge in [0.15, 0.2) is 11.5 Å². The maximum Gasteiger partial charge on any atom is 0.336 e. The summed E-state index contributed by atoms with van der Waals surface area (Å²) in [6.45, 7) is 2.83. The molecule has 0 aliphatic heterocycles. The molecule has 0 aliphatic carbocycles. The molecule has 0 aliphatic rings. The van der Waals surface area contributed by atoms with Crippen LogP contribution in [0.1, 0.15) is 25.3 Å². The predicted octanol–water partition coefficient (Wildman–Crippen LogP) is 5.25. The predicted molar refractivity (Wildman–Crippen MR) is 122 cm³/mol. The van der Waals surface area contributed by atoms with E-state index < -0.39 is 5.63 Å². The van der Waals surface area contributed by atoms with Crippen molar-refractivity contribution in [2.45, 2.75) is 26.4 Å². The van der Waals surface area contributed by atoms with Crippen molar-refractivity contribution in [2.24, 2.45) is 0 Å². The first kappa shape index (κ1) is 21.4. The zero-order valence-corrected chi connectivity index (χ0v) is 17.8. The second-order valence-corrected chi connectivity index (χ2v) is 7.24. The Bertz CT molecular complexity index is 1290. The third-order valence-corrected chi connectivity index (χ3v) is 5.04. The summed E-state index contributed by atoms with van der Waals surface area (Å²) in [5.74, 6) is 0.977. The molecule has 1 aromatic heterocycles. The fourth-order valence-electron chi connectivity index (χ4n) is 3.61. The number of para-hydroxylation sites is 2. The van der Waals surface area contributed by atoms with Gasteiger partial charge in [0.1, 0.15) is 12.2 Å². The topological polar surface area (TPSA) is 75.0 Å². The van der Waals surface area contributed by atoms with Crippen molar-refractivity contribution < 1.29 is 23.4 Å². The van der Waals surface area contributed by atoms with Gasteiger partial charge < -0.3 is 18.6 Å². The van der Waals surface area contributed by atoms with E-state index >= 15 is 0 Å². The van der Waals surface area contributed by atoms with Gasteiger partial charge in [0, 0.05) is 23.4 Å². The number of hydrogen-bond acceptors (Lipinski definition) is 6. The molecule has 0 radical (unpaired) electrons. The van der Waals surface area contributed by atoms with E-state index in [2.05, 4.69) is 0 Å². The Labute approximate surface area is 185 Å². The third-order valence-electron chi connectivity index (χ3n) is 5.04. The number of carbonyl (C=O) groups is 1. The van der Waals surface area contributed by atoms with Crippen LogP contribution in [0.5, 0.6) is 11.5 Å². The largest absolute Gasteiger partial charge is 0.490 e. The van der Waals surface area contributed by atoms with Crippen LogP contribution >= 0.6 is 0 Å². The van der Waals surface area contributed by atoms with Crippen molar-refractivity contribution in [3.8, 4) is 11.5 Å². The summed E-state index contributed by atoms with van der Waals surface area (Å²) in [5.41, 5.74) is 0.632. The minimum absolute atomic E-state index is 0.00295. The Hall–Kier alpha value is -3.80. The molecule has 0 saturated heterocycles. The highest BCUT2D eigenvalue weighted by Gasteiger charge is 2.12. The van der Waals surface area contributed by atoms with Crippen molar-refractivity contribution in [3.05, 3.63) is 82.7 Å². The Morgan fingerprint density at radius 3 is 2.50 bits per heavy atom. The van der Waals surface area contributed by atoms with Crippen LogP contribution in [0.25, 0.3) is 21.7 Å². The van der Waals surface area contributed by atoms with E-state index in [4.69, 9.17) is 18.6 Å². The maximum absolute atomic E-state index is 12.3. The first-order valence-electron chi connectivity index (χ1n) is 10.6. The van der Waals surface area contributed by atoms with Gasteiger partial charge in [0.05, 0.1) is 13.2 Å². The summed E-state index contributed by atoms with van der Waals surface area (Å²) < 4.78 is 22.1. The quantitative estimate of drug-likeness (QED) is 0.156. The number of ether oxygens (including phenoxy) is 3. The van der Waals surface area contributed by atoms with Crippen molar-refractivity contribution in [3.63, 3.8) is 0 Å². The van der Waals surface area contributed by atoms with Crippen LogP contribution in [-0.4, -0.2) is 19.2 Å². The van der Waals surface area contributed by atoms with Crippen LogP contribution in [0.3, 0.4) is 0 Å². The highest BCUT2D eigenvalue weighted by Crippen LogP contribution is 2.28. The zero-order chi connectivity index (χ0) is 22.3. The molecule has 3 aromatic carbocycles. The van der Waals surface area contributed by atoms with Gasteiger partial charge in [-0.15, -0.1) is 0 Å². The Balaban J connectivity index is 1.37. The lowest BCUT2D eigenvalue weighted by Crippen LogP contribution is -2.09. The molecule has 0 amide bonds. The lowest BCUT2D eigenvalue weighted by molar-refractivity contribution is -0.145. The van der Waals surface area contributed by atoms with Gasteiger partial charge in [-0.05, 0) is 42.3 Å². The minimum Gasteiger partial charge on any atom is -0.490 e. The molecule has 0 saturated carbocycles. The molecular formula is C26H24O6. The van der Waals surface area contributed by atoms with Crippen LogP contribution in [0.15, 0.2) is 75.9 Å². The molecule has 164 valence electrons. The summed E-state index contributed by atoms with van der Waals surface area (Å²) in [7, 11) is 0. The highest BCUT2D eigenvalue weighted by atomic mass is 16.5. The summed E-state index contributed by atoms with van der Waals surface area (Å²) >= 11 is 0. The van der Waals surface area contributed by atoms with Crippen molar-refractivity contribution >= 4 is 27.7 Å². The first-order valence-corrected chi connectivity index (χ1v) is 10.6. The molecular weight excluding hydrogens is 408 g/mol. The second-order valence-electron chi connectivity index (χ2n) is 7.24. The molecule has 6 nitrogen and oxygen atoms in total. The normalized spacial score (nSPS) is 10.9. The summed E-state index contributed by atoms with van der Waals surface area (Å²) in [6, 6.07) is 20.3. The number of hydrogen-bond donors (Lipinski definition) is 0. The van der Waals surface area contributed by atoms with Crippen molar-refractivity contribution in [2.75, 3.05) is 13.2 Å². The van der Waals surface area contributed by atoms with E-state index in [0.29, 0.717) is 42.3 Å². The molecule has 4 rings (SSSR count). The van der Waals surface area contributed by atoms with Crippen LogP contribution in [0.4, 0.5) is 0 Å². The molecule has 0 bridgehead atoms. The second kappa shape index (κ2) is 10.0. The van der Waals surface area contributed by atoms with Gasteiger partial charge in [0.2, 0.25) is 0 Å². The number of carbonyl (C=O) groups excluding carboxylic acids is 1. The monoisotopic (exact) mass is 432 g/mol. The summed E-state index contributed by atoms with van der Waals surface area (Å²) in [4.78, 5) is 24.2. The minimum atomic E-state index is -0.472. The van der Waals surface area contributed by atoms with Crippen molar-refractivity contribution in [1.82, 2.24) is 0 Å². The molecule has 6 heteroatoms. The molecule has 1 heterocycles. The van der Waals surface area contributed by atoms with Gasteiger partial charge in [-0.1, -0.05) is 42.5 Å². The van der Waals surface area contributed by atoms with Gasteiger partial charge >= 0.3 is 11.6 Å². The molecule has 0 atom stereocenters. The van der Waals surface area contributed by atoms with Crippen LogP contribution in [0.2, 0.25) is 0 Å². The standard InChI is InChI=1S/C26H24O6/c1-2-29-21-10-5-6-11-22(21)30-15-7-12-24(27)31-17-19-16-25(28)32-23-14-13-18-8-3-4-9-20(18)26(19)23/h3-6,8-11,13-14,16H,2,7,12,15,17H2,1H3. The van der Waals surface area contributed by atoms with Gasteiger partial charge in [-0.25, -0.2) is 4.79 Å². The first-order chi connectivity index (χ1) is 15.7.